The SMILES string of the molecule is NCCCc1nnc(Cc2ccc(F)cc2)s1. The normalized spacial score (nSPS) is 10.7. The molecule has 0 saturated heterocycles. The summed E-state index contributed by atoms with van der Waals surface area (Å²) in [7, 11) is 0. The van der Waals surface area contributed by atoms with Gasteiger partial charge < -0.3 is 5.73 Å². The van der Waals surface area contributed by atoms with Crippen LogP contribution in [0.2, 0.25) is 0 Å². The van der Waals surface area contributed by atoms with Crippen molar-refractivity contribution in [1.82, 2.24) is 10.2 Å². The van der Waals surface area contributed by atoms with Crippen molar-refractivity contribution in [2.24, 2.45) is 5.73 Å². The maximum atomic E-state index is 12.7. The van der Waals surface area contributed by atoms with Crippen molar-refractivity contribution >= 4 is 11.3 Å². The molecule has 2 aromatic rings. The maximum absolute atomic E-state index is 12.7. The molecule has 1 aromatic heterocycles. The van der Waals surface area contributed by atoms with Gasteiger partial charge in [-0.25, -0.2) is 4.39 Å². The molecule has 0 aliphatic heterocycles. The largest absolute Gasteiger partial charge is 0.330 e. The van der Waals surface area contributed by atoms with Gasteiger partial charge in [-0.15, -0.1) is 21.5 Å². The summed E-state index contributed by atoms with van der Waals surface area (Å²) in [5.74, 6) is -0.213. The average Bonchev–Trinajstić information content (AvgIpc) is 2.77. The van der Waals surface area contributed by atoms with Crippen molar-refractivity contribution in [3.05, 3.63) is 45.7 Å². The van der Waals surface area contributed by atoms with Crippen molar-refractivity contribution in [2.45, 2.75) is 19.3 Å². The summed E-state index contributed by atoms with van der Waals surface area (Å²) >= 11 is 1.60. The van der Waals surface area contributed by atoms with Crippen LogP contribution in [-0.2, 0) is 12.8 Å². The van der Waals surface area contributed by atoms with Crippen LogP contribution in [0.3, 0.4) is 0 Å². The highest BCUT2D eigenvalue weighted by Gasteiger charge is 2.05. The van der Waals surface area contributed by atoms with Crippen molar-refractivity contribution in [3.8, 4) is 0 Å². The monoisotopic (exact) mass is 251 g/mol. The summed E-state index contributed by atoms with van der Waals surface area (Å²) in [6.07, 6.45) is 2.53. The molecule has 0 aliphatic carbocycles. The number of aryl methyl sites for hydroxylation is 1. The topological polar surface area (TPSA) is 51.8 Å². The van der Waals surface area contributed by atoms with Crippen molar-refractivity contribution in [2.75, 3.05) is 6.54 Å². The molecule has 1 aromatic carbocycles. The van der Waals surface area contributed by atoms with E-state index in [-0.39, 0.29) is 5.82 Å². The van der Waals surface area contributed by atoms with E-state index < -0.39 is 0 Å². The van der Waals surface area contributed by atoms with Crippen LogP contribution in [-0.4, -0.2) is 16.7 Å². The summed E-state index contributed by atoms with van der Waals surface area (Å²) in [5, 5.41) is 10.2. The van der Waals surface area contributed by atoms with Crippen LogP contribution in [0, 0.1) is 5.82 Å². The van der Waals surface area contributed by atoms with E-state index in [1.54, 1.807) is 23.5 Å². The molecular weight excluding hydrogens is 237 g/mol. The second-order valence-electron chi connectivity index (χ2n) is 3.79. The Bertz CT molecular complexity index is 467. The molecule has 0 aliphatic rings. The third-order valence-corrected chi connectivity index (χ3v) is 3.36. The van der Waals surface area contributed by atoms with E-state index in [0.29, 0.717) is 13.0 Å². The Balaban J connectivity index is 1.98. The molecule has 2 rings (SSSR count). The van der Waals surface area contributed by atoms with E-state index in [4.69, 9.17) is 5.73 Å². The van der Waals surface area contributed by atoms with E-state index >= 15 is 0 Å². The van der Waals surface area contributed by atoms with Gasteiger partial charge in [-0.05, 0) is 30.7 Å². The van der Waals surface area contributed by atoms with Gasteiger partial charge in [-0.3, -0.25) is 0 Å². The van der Waals surface area contributed by atoms with Gasteiger partial charge in [0.1, 0.15) is 15.8 Å². The van der Waals surface area contributed by atoms with Gasteiger partial charge in [0.05, 0.1) is 0 Å². The van der Waals surface area contributed by atoms with Crippen LogP contribution in [0.4, 0.5) is 4.39 Å². The first-order chi connectivity index (χ1) is 8.28. The zero-order chi connectivity index (χ0) is 12.1. The molecule has 0 amide bonds. The Morgan fingerprint density at radius 1 is 1.12 bits per heavy atom. The Hall–Kier alpha value is -1.33. The highest BCUT2D eigenvalue weighted by Crippen LogP contribution is 2.16. The zero-order valence-corrected chi connectivity index (χ0v) is 10.2. The molecule has 17 heavy (non-hydrogen) atoms. The number of rotatable bonds is 5. The second kappa shape index (κ2) is 5.84. The van der Waals surface area contributed by atoms with Gasteiger partial charge in [0.25, 0.3) is 0 Å². The van der Waals surface area contributed by atoms with Crippen LogP contribution in [0.25, 0.3) is 0 Å². The lowest BCUT2D eigenvalue weighted by Crippen LogP contribution is -1.99. The van der Waals surface area contributed by atoms with Gasteiger partial charge in [0.2, 0.25) is 0 Å². The Morgan fingerprint density at radius 3 is 2.53 bits per heavy atom. The summed E-state index contributed by atoms with van der Waals surface area (Å²) in [4.78, 5) is 0. The Kier molecular flexibility index (Phi) is 4.17. The summed E-state index contributed by atoms with van der Waals surface area (Å²) in [6, 6.07) is 6.48. The molecule has 3 nitrogen and oxygen atoms in total. The number of hydrogen-bond acceptors (Lipinski definition) is 4. The highest BCUT2D eigenvalue weighted by atomic mass is 32.1. The fourth-order valence-corrected chi connectivity index (χ4v) is 2.41. The second-order valence-corrected chi connectivity index (χ2v) is 4.93. The predicted molar refractivity (Wildman–Crippen MR) is 66.5 cm³/mol. The molecular formula is C12H14FN3S. The van der Waals surface area contributed by atoms with E-state index in [1.807, 2.05) is 0 Å². The lowest BCUT2D eigenvalue weighted by atomic mass is 10.2. The lowest BCUT2D eigenvalue weighted by molar-refractivity contribution is 0.627. The van der Waals surface area contributed by atoms with Gasteiger partial charge in [0.15, 0.2) is 0 Å². The molecule has 90 valence electrons. The molecule has 0 radical (unpaired) electrons. The molecule has 0 atom stereocenters. The average molecular weight is 251 g/mol. The molecule has 0 unspecified atom stereocenters. The van der Waals surface area contributed by atoms with Gasteiger partial charge in [0, 0.05) is 12.8 Å². The highest BCUT2D eigenvalue weighted by molar-refractivity contribution is 7.11. The van der Waals surface area contributed by atoms with Crippen LogP contribution < -0.4 is 5.73 Å². The molecule has 0 spiro atoms. The quantitative estimate of drug-likeness (QED) is 0.886. The minimum atomic E-state index is -0.213. The minimum Gasteiger partial charge on any atom is -0.330 e. The summed E-state index contributed by atoms with van der Waals surface area (Å²) in [6.45, 7) is 0.673. The van der Waals surface area contributed by atoms with Crippen LogP contribution in [0.15, 0.2) is 24.3 Å². The van der Waals surface area contributed by atoms with Crippen LogP contribution in [0.1, 0.15) is 22.0 Å². The van der Waals surface area contributed by atoms with E-state index in [2.05, 4.69) is 10.2 Å². The number of benzene rings is 1. The molecule has 5 heteroatoms. The molecule has 0 fully saturated rings. The smallest absolute Gasteiger partial charge is 0.123 e. The number of nitrogens with two attached hydrogens (primary N) is 1. The lowest BCUT2D eigenvalue weighted by Gasteiger charge is -1.96. The number of nitrogens with zero attached hydrogens (tertiary/aromatic N) is 2. The van der Waals surface area contributed by atoms with Crippen molar-refractivity contribution in [3.63, 3.8) is 0 Å². The number of aromatic nitrogens is 2. The predicted octanol–water partition coefficient (Wildman–Crippen LogP) is 2.16. The van der Waals surface area contributed by atoms with Crippen molar-refractivity contribution in [1.29, 1.82) is 0 Å². The fraction of sp³-hybridized carbons (Fsp3) is 0.333. The summed E-state index contributed by atoms with van der Waals surface area (Å²) in [5.41, 5.74) is 6.49. The Morgan fingerprint density at radius 2 is 1.82 bits per heavy atom. The third-order valence-electron chi connectivity index (χ3n) is 2.37. The van der Waals surface area contributed by atoms with E-state index in [0.717, 1.165) is 28.4 Å². The standard InChI is InChI=1S/C12H14FN3S/c13-10-5-3-9(4-6-10)8-12-16-15-11(17-12)2-1-7-14/h3-6H,1-2,7-8,14H2. The van der Waals surface area contributed by atoms with Crippen LogP contribution in [0.5, 0.6) is 0 Å². The van der Waals surface area contributed by atoms with Crippen molar-refractivity contribution < 1.29 is 4.39 Å². The molecule has 0 bridgehead atoms. The number of halogens is 1. The maximum Gasteiger partial charge on any atom is 0.123 e. The minimum absolute atomic E-state index is 0.213. The molecule has 2 N–H and O–H groups in total. The summed E-state index contributed by atoms with van der Waals surface area (Å²) < 4.78 is 12.7. The van der Waals surface area contributed by atoms with Crippen LogP contribution >= 0.6 is 11.3 Å². The van der Waals surface area contributed by atoms with Gasteiger partial charge in [-0.2, -0.15) is 0 Å². The van der Waals surface area contributed by atoms with Gasteiger partial charge >= 0.3 is 0 Å². The Labute approximate surface area is 104 Å². The first-order valence-corrected chi connectivity index (χ1v) is 6.35. The first-order valence-electron chi connectivity index (χ1n) is 5.53. The fourth-order valence-electron chi connectivity index (χ4n) is 1.49. The van der Waals surface area contributed by atoms with E-state index in [1.165, 1.54) is 12.1 Å². The molecule has 1 heterocycles. The molecule has 0 saturated carbocycles. The van der Waals surface area contributed by atoms with E-state index in [9.17, 15) is 4.39 Å². The third kappa shape index (κ3) is 3.57. The van der Waals surface area contributed by atoms with Gasteiger partial charge in [-0.1, -0.05) is 12.1 Å². The zero-order valence-electron chi connectivity index (χ0n) is 9.40. The first kappa shape index (κ1) is 12.1. The number of hydrogen-bond donors (Lipinski definition) is 1.